The van der Waals surface area contributed by atoms with Crippen LogP contribution in [0.1, 0.15) is 30.7 Å². The fraction of sp³-hybridized carbons (Fsp3) is 0.238. The van der Waals surface area contributed by atoms with Gasteiger partial charge in [0.05, 0.1) is 17.2 Å². The number of amides is 1. The van der Waals surface area contributed by atoms with Crippen molar-refractivity contribution in [3.63, 3.8) is 0 Å². The van der Waals surface area contributed by atoms with Crippen LogP contribution in [0.15, 0.2) is 53.6 Å². The van der Waals surface area contributed by atoms with Gasteiger partial charge in [0.15, 0.2) is 5.82 Å². The Labute approximate surface area is 177 Å². The first kappa shape index (κ1) is 18.9. The Morgan fingerprint density at radius 1 is 1.10 bits per heavy atom. The molecule has 4 aromatic rings. The van der Waals surface area contributed by atoms with E-state index < -0.39 is 0 Å². The summed E-state index contributed by atoms with van der Waals surface area (Å²) in [6, 6.07) is 7.92. The minimum absolute atomic E-state index is 0.252. The highest BCUT2D eigenvalue weighted by Gasteiger charge is 2.44. The molecular weight excluding hydrogens is 396 g/mol. The van der Waals surface area contributed by atoms with E-state index in [0.717, 1.165) is 36.0 Å². The molecule has 0 spiro atoms. The molecule has 0 aliphatic heterocycles. The second kappa shape index (κ2) is 7.31. The van der Waals surface area contributed by atoms with Crippen LogP contribution in [0.25, 0.3) is 22.6 Å². The molecular formula is C21H20N8O2. The van der Waals surface area contributed by atoms with Crippen molar-refractivity contribution in [2.24, 2.45) is 0 Å². The number of nitrogens with zero attached hydrogens (tertiary/aromatic N) is 6. The Kier molecular flexibility index (Phi) is 4.46. The maximum Gasteiger partial charge on any atom is 0.341 e. The fourth-order valence-electron chi connectivity index (χ4n) is 3.83. The van der Waals surface area contributed by atoms with E-state index >= 15 is 0 Å². The minimum atomic E-state index is -0.340. The molecule has 10 heteroatoms. The first-order valence-corrected chi connectivity index (χ1v) is 9.89. The SMILES string of the molecule is CNC(=O)n1cc(-c2nc(C3(c4ccc(-c5cnc(N)nc5)cc4)CCC3)no2)cn1. The third-order valence-corrected chi connectivity index (χ3v) is 5.76. The Hall–Kier alpha value is -4.08. The van der Waals surface area contributed by atoms with Crippen LogP contribution in [-0.4, -0.2) is 43.0 Å². The van der Waals surface area contributed by atoms with Gasteiger partial charge in [0, 0.05) is 31.2 Å². The van der Waals surface area contributed by atoms with Crippen LogP contribution in [0.2, 0.25) is 0 Å². The lowest BCUT2D eigenvalue weighted by atomic mass is 9.64. The molecule has 1 amide bonds. The number of hydrogen-bond acceptors (Lipinski definition) is 8. The molecule has 3 N–H and O–H groups in total. The lowest BCUT2D eigenvalue weighted by Crippen LogP contribution is -2.36. The number of nitrogens with one attached hydrogen (secondary N) is 1. The van der Waals surface area contributed by atoms with Crippen LogP contribution in [0, 0.1) is 0 Å². The lowest BCUT2D eigenvalue weighted by molar-refractivity contribution is 0.241. The van der Waals surface area contributed by atoms with E-state index in [0.29, 0.717) is 17.3 Å². The van der Waals surface area contributed by atoms with E-state index in [1.165, 1.54) is 10.9 Å². The third-order valence-electron chi connectivity index (χ3n) is 5.76. The number of aromatic nitrogens is 6. The molecule has 0 saturated heterocycles. The van der Waals surface area contributed by atoms with Crippen molar-refractivity contribution in [3.05, 3.63) is 60.4 Å². The topological polar surface area (TPSA) is 138 Å². The molecule has 0 unspecified atom stereocenters. The van der Waals surface area contributed by atoms with E-state index in [1.54, 1.807) is 25.6 Å². The van der Waals surface area contributed by atoms with Gasteiger partial charge in [-0.1, -0.05) is 35.8 Å². The van der Waals surface area contributed by atoms with Crippen LogP contribution in [-0.2, 0) is 5.41 Å². The van der Waals surface area contributed by atoms with Gasteiger partial charge in [-0.15, -0.1) is 0 Å². The summed E-state index contributed by atoms with van der Waals surface area (Å²) >= 11 is 0. The number of hydrogen-bond donors (Lipinski definition) is 2. The normalized spacial score (nSPS) is 14.7. The molecule has 1 aromatic carbocycles. The third kappa shape index (κ3) is 3.21. The van der Waals surface area contributed by atoms with Crippen LogP contribution in [0.3, 0.4) is 0 Å². The zero-order chi connectivity index (χ0) is 21.4. The molecule has 1 fully saturated rings. The largest absolute Gasteiger partial charge is 0.368 e. The average Bonchev–Trinajstić information content (AvgIpc) is 3.44. The summed E-state index contributed by atoms with van der Waals surface area (Å²) < 4.78 is 6.70. The van der Waals surface area contributed by atoms with Crippen LogP contribution in [0.4, 0.5) is 10.7 Å². The molecule has 5 rings (SSSR count). The van der Waals surface area contributed by atoms with Crippen LogP contribution in [0.5, 0.6) is 0 Å². The van der Waals surface area contributed by atoms with Gasteiger partial charge in [-0.3, -0.25) is 0 Å². The first-order valence-electron chi connectivity index (χ1n) is 9.89. The molecule has 1 saturated carbocycles. The van der Waals surface area contributed by atoms with E-state index in [2.05, 4.69) is 42.7 Å². The number of nitrogen functional groups attached to an aromatic ring is 1. The van der Waals surface area contributed by atoms with Crippen molar-refractivity contribution >= 4 is 12.0 Å². The van der Waals surface area contributed by atoms with Gasteiger partial charge in [-0.2, -0.15) is 14.8 Å². The Balaban J connectivity index is 1.43. The summed E-state index contributed by atoms with van der Waals surface area (Å²) in [4.78, 5) is 24.5. The highest BCUT2D eigenvalue weighted by Crippen LogP contribution is 2.48. The highest BCUT2D eigenvalue weighted by atomic mass is 16.5. The summed E-state index contributed by atoms with van der Waals surface area (Å²) in [5.41, 5.74) is 8.92. The lowest BCUT2D eigenvalue weighted by Gasteiger charge is -2.39. The van der Waals surface area contributed by atoms with Crippen LogP contribution >= 0.6 is 0 Å². The molecule has 0 atom stereocenters. The number of carbonyl (C=O) groups excluding carboxylic acids is 1. The van der Waals surface area contributed by atoms with Crippen molar-refractivity contribution < 1.29 is 9.32 Å². The highest BCUT2D eigenvalue weighted by molar-refractivity contribution is 5.76. The van der Waals surface area contributed by atoms with Gasteiger partial charge < -0.3 is 15.6 Å². The van der Waals surface area contributed by atoms with Gasteiger partial charge in [-0.25, -0.2) is 14.8 Å². The molecule has 31 heavy (non-hydrogen) atoms. The molecule has 156 valence electrons. The summed E-state index contributed by atoms with van der Waals surface area (Å²) in [5.74, 6) is 1.24. The average molecular weight is 416 g/mol. The maximum atomic E-state index is 11.7. The van der Waals surface area contributed by atoms with Crippen molar-refractivity contribution in [1.82, 2.24) is 35.2 Å². The summed E-state index contributed by atoms with van der Waals surface area (Å²) in [7, 11) is 1.54. The maximum absolute atomic E-state index is 11.7. The van der Waals surface area contributed by atoms with Crippen LogP contribution < -0.4 is 11.1 Å². The van der Waals surface area contributed by atoms with Gasteiger partial charge in [0.2, 0.25) is 5.95 Å². The van der Waals surface area contributed by atoms with Crippen molar-refractivity contribution in [2.75, 3.05) is 12.8 Å². The summed E-state index contributed by atoms with van der Waals surface area (Å²) in [6.07, 6.45) is 9.48. The van der Waals surface area contributed by atoms with Gasteiger partial charge in [-0.05, 0) is 24.0 Å². The second-order valence-electron chi connectivity index (χ2n) is 7.49. The van der Waals surface area contributed by atoms with Crippen molar-refractivity contribution in [2.45, 2.75) is 24.7 Å². The molecule has 3 heterocycles. The number of carbonyl (C=O) groups is 1. The van der Waals surface area contributed by atoms with E-state index in [4.69, 9.17) is 10.3 Å². The standard InChI is InChI=1S/C21H20N8O2/c1-23-20(30)29-12-15(11-26-29)17-27-18(28-31-17)21(7-2-8-21)16-5-3-13(4-6-16)14-9-24-19(22)25-10-14/h3-6,9-12H,2,7-8H2,1H3,(H,23,30)(H2,22,24,25). The predicted octanol–water partition coefficient (Wildman–Crippen LogP) is 2.63. The number of benzene rings is 1. The van der Waals surface area contributed by atoms with E-state index in [9.17, 15) is 4.79 Å². The Morgan fingerprint density at radius 2 is 1.84 bits per heavy atom. The van der Waals surface area contributed by atoms with E-state index in [-0.39, 0.29) is 17.4 Å². The molecule has 1 aliphatic carbocycles. The molecule has 3 aromatic heterocycles. The smallest absolute Gasteiger partial charge is 0.341 e. The van der Waals surface area contributed by atoms with E-state index in [1.807, 2.05) is 12.1 Å². The molecule has 0 radical (unpaired) electrons. The van der Waals surface area contributed by atoms with Crippen molar-refractivity contribution in [3.8, 4) is 22.6 Å². The monoisotopic (exact) mass is 416 g/mol. The molecule has 1 aliphatic rings. The van der Waals surface area contributed by atoms with Gasteiger partial charge >= 0.3 is 6.03 Å². The number of nitrogens with two attached hydrogens (primary N) is 1. The van der Waals surface area contributed by atoms with Gasteiger partial charge in [0.1, 0.15) is 0 Å². The number of rotatable bonds is 4. The molecule has 10 nitrogen and oxygen atoms in total. The zero-order valence-corrected chi connectivity index (χ0v) is 16.8. The fourth-order valence-corrected chi connectivity index (χ4v) is 3.83. The zero-order valence-electron chi connectivity index (χ0n) is 16.8. The van der Waals surface area contributed by atoms with Gasteiger partial charge in [0.25, 0.3) is 5.89 Å². The Bertz CT molecular complexity index is 1220. The first-order chi connectivity index (χ1) is 15.1. The minimum Gasteiger partial charge on any atom is -0.368 e. The number of anilines is 1. The summed E-state index contributed by atoms with van der Waals surface area (Å²) in [5, 5.41) is 10.8. The molecule has 0 bridgehead atoms. The van der Waals surface area contributed by atoms with Crippen molar-refractivity contribution in [1.29, 1.82) is 0 Å². The second-order valence-corrected chi connectivity index (χ2v) is 7.49. The quantitative estimate of drug-likeness (QED) is 0.518. The Morgan fingerprint density at radius 3 is 2.48 bits per heavy atom. The summed E-state index contributed by atoms with van der Waals surface area (Å²) in [6.45, 7) is 0. The predicted molar refractivity (Wildman–Crippen MR) is 112 cm³/mol.